The Balaban J connectivity index is 1.27. The molecule has 0 bridgehead atoms. The molecule has 8 rings (SSSR count). The summed E-state index contributed by atoms with van der Waals surface area (Å²) in [6.07, 6.45) is 1.33. The van der Waals surface area contributed by atoms with Crippen LogP contribution in [-0.2, 0) is 30.0 Å². The molecule has 2 aliphatic rings. The van der Waals surface area contributed by atoms with Crippen molar-refractivity contribution in [2.24, 2.45) is 0 Å². The van der Waals surface area contributed by atoms with Crippen molar-refractivity contribution in [3.05, 3.63) is 131 Å². The molecule has 0 saturated carbocycles. The van der Waals surface area contributed by atoms with E-state index in [4.69, 9.17) is 4.74 Å². The fourth-order valence-corrected chi connectivity index (χ4v) is 10.0. The minimum atomic E-state index is -0.945. The monoisotopic (exact) mass is 754 g/mol. The van der Waals surface area contributed by atoms with Gasteiger partial charge in [0.15, 0.2) is 18.0 Å². The van der Waals surface area contributed by atoms with Gasteiger partial charge in [0.2, 0.25) is 5.69 Å². The third kappa shape index (κ3) is 5.88. The number of ether oxygens (including phenoxy) is 1. The Morgan fingerprint density at radius 3 is 1.84 bits per heavy atom. The number of carboxylic acid groups (broad SMARTS) is 1. The summed E-state index contributed by atoms with van der Waals surface area (Å²) in [7, 11) is 0. The van der Waals surface area contributed by atoms with Gasteiger partial charge in [-0.05, 0) is 70.8 Å². The molecule has 8 heteroatoms. The average Bonchev–Trinajstić information content (AvgIpc) is 3.59. The molecular weight excluding hydrogens is 711 g/mol. The molecule has 0 unspecified atom stereocenters. The molecule has 57 heavy (non-hydrogen) atoms. The molecule has 0 fully saturated rings. The van der Waals surface area contributed by atoms with E-state index in [0.29, 0.717) is 24.3 Å². The second-order valence-corrected chi connectivity index (χ2v) is 16.1. The van der Waals surface area contributed by atoms with E-state index in [2.05, 4.69) is 80.8 Å². The van der Waals surface area contributed by atoms with Crippen LogP contribution >= 0.6 is 0 Å². The number of fused-ring (bicyclic) bond motifs is 12. The number of hydrogen-bond acceptors (Lipinski definition) is 6. The summed E-state index contributed by atoms with van der Waals surface area (Å²) in [6, 6.07) is 35.4. The van der Waals surface area contributed by atoms with Crippen molar-refractivity contribution >= 4 is 78.4 Å². The van der Waals surface area contributed by atoms with E-state index in [-0.39, 0.29) is 31.8 Å². The van der Waals surface area contributed by atoms with Gasteiger partial charge in [0.1, 0.15) is 6.61 Å². The zero-order chi connectivity index (χ0) is 40.2. The molecule has 0 spiro atoms. The number of hydrogen-bond donors (Lipinski definition) is 1. The number of carbonyl (C=O) groups excluding carboxylic acids is 2. The summed E-state index contributed by atoms with van der Waals surface area (Å²) >= 11 is 0. The van der Waals surface area contributed by atoms with Gasteiger partial charge in [-0.1, -0.05) is 105 Å². The van der Waals surface area contributed by atoms with Crippen LogP contribution in [0.2, 0.25) is 0 Å². The van der Waals surface area contributed by atoms with E-state index in [1.807, 2.05) is 66.4 Å². The molecule has 6 aromatic rings. The first kappa shape index (κ1) is 37.3. The molecule has 0 aliphatic carbocycles. The minimum Gasteiger partial charge on any atom is -0.481 e. The van der Waals surface area contributed by atoms with Crippen LogP contribution in [0.4, 0.5) is 11.4 Å². The topological polar surface area (TPSA) is 111 Å². The maximum absolute atomic E-state index is 14.4. The number of nitrogens with zero attached hydrogens (tertiary/aromatic N) is 3. The number of carbonyl (C=O) groups is 3. The number of carboxylic acids is 1. The van der Waals surface area contributed by atoms with Crippen molar-refractivity contribution in [3.63, 3.8) is 0 Å². The Morgan fingerprint density at radius 1 is 0.772 bits per heavy atom. The van der Waals surface area contributed by atoms with Crippen LogP contribution in [0.1, 0.15) is 58.6 Å². The van der Waals surface area contributed by atoms with Gasteiger partial charge in [0.05, 0.1) is 34.6 Å². The van der Waals surface area contributed by atoms with Gasteiger partial charge in [-0.15, -0.1) is 0 Å². The lowest BCUT2D eigenvalue weighted by molar-refractivity contribution is -0.439. The van der Waals surface area contributed by atoms with E-state index in [9.17, 15) is 24.8 Å². The number of ketones is 1. The molecule has 0 atom stereocenters. The highest BCUT2D eigenvalue weighted by Gasteiger charge is 2.49. The number of anilines is 1. The lowest BCUT2D eigenvalue weighted by Crippen LogP contribution is -2.32. The molecule has 0 saturated heterocycles. The zero-order valence-electron chi connectivity index (χ0n) is 32.8. The van der Waals surface area contributed by atoms with Crippen molar-refractivity contribution in [1.29, 1.82) is 5.26 Å². The number of allylic oxidation sites excluding steroid dienone is 4. The predicted octanol–water partition coefficient (Wildman–Crippen LogP) is 9.80. The van der Waals surface area contributed by atoms with Crippen LogP contribution < -0.4 is 4.90 Å². The Kier molecular flexibility index (Phi) is 9.28. The Hall–Kier alpha value is -6.59. The summed E-state index contributed by atoms with van der Waals surface area (Å²) in [4.78, 5) is 39.8. The third-order valence-electron chi connectivity index (χ3n) is 11.9. The largest absolute Gasteiger partial charge is 0.481 e. The number of rotatable bonds is 11. The molecule has 0 aromatic heterocycles. The van der Waals surface area contributed by atoms with Crippen molar-refractivity contribution in [1.82, 2.24) is 0 Å². The summed E-state index contributed by atoms with van der Waals surface area (Å²) in [6.45, 7) is 11.5. The molecule has 6 aromatic carbocycles. The summed E-state index contributed by atoms with van der Waals surface area (Å²) in [5.41, 5.74) is 5.38. The van der Waals surface area contributed by atoms with Gasteiger partial charge in [-0.3, -0.25) is 14.4 Å². The predicted molar refractivity (Wildman–Crippen MR) is 226 cm³/mol. The molecular formula is C49H44N3O5+. The Labute approximate surface area is 331 Å². The van der Waals surface area contributed by atoms with Gasteiger partial charge in [-0.2, -0.15) is 9.84 Å². The van der Waals surface area contributed by atoms with Gasteiger partial charge < -0.3 is 14.7 Å². The van der Waals surface area contributed by atoms with E-state index in [1.54, 1.807) is 6.08 Å². The van der Waals surface area contributed by atoms with Crippen molar-refractivity contribution in [2.75, 3.05) is 24.6 Å². The maximum atomic E-state index is 14.4. The van der Waals surface area contributed by atoms with Gasteiger partial charge in [-0.25, -0.2) is 0 Å². The highest BCUT2D eigenvalue weighted by Crippen LogP contribution is 2.55. The van der Waals surface area contributed by atoms with Crippen molar-refractivity contribution in [2.45, 2.75) is 58.3 Å². The number of nitriles is 1. The lowest BCUT2D eigenvalue weighted by Gasteiger charge is -2.28. The van der Waals surface area contributed by atoms with Crippen molar-refractivity contribution in [3.8, 4) is 6.07 Å². The maximum Gasteiger partial charge on any atom is 0.305 e. The minimum absolute atomic E-state index is 0.141. The van der Waals surface area contributed by atoms with Crippen LogP contribution in [0.15, 0.2) is 120 Å². The van der Waals surface area contributed by atoms with Crippen LogP contribution in [-0.4, -0.2) is 53.3 Å². The van der Waals surface area contributed by atoms with E-state index in [1.165, 1.54) is 0 Å². The van der Waals surface area contributed by atoms with Crippen LogP contribution in [0.5, 0.6) is 0 Å². The Bertz CT molecular complexity index is 2850. The van der Waals surface area contributed by atoms with Gasteiger partial charge in [0.25, 0.3) is 6.47 Å². The normalized spacial score (nSPS) is 16.6. The Morgan fingerprint density at radius 2 is 1.28 bits per heavy atom. The first-order chi connectivity index (χ1) is 27.4. The second kappa shape index (κ2) is 14.2. The number of benzene rings is 6. The quantitative estimate of drug-likeness (QED) is 0.0350. The van der Waals surface area contributed by atoms with Gasteiger partial charge >= 0.3 is 5.97 Å². The van der Waals surface area contributed by atoms with Crippen LogP contribution in [0, 0.1) is 11.3 Å². The summed E-state index contributed by atoms with van der Waals surface area (Å²) in [5.74, 6) is -1.19. The van der Waals surface area contributed by atoms with E-state index < -0.39 is 16.8 Å². The molecule has 8 nitrogen and oxygen atoms in total. The summed E-state index contributed by atoms with van der Waals surface area (Å²) in [5, 5.41) is 29.3. The molecule has 0 amide bonds. The molecule has 2 aliphatic heterocycles. The average molecular weight is 755 g/mol. The fraction of sp³-hybridized carbons (Fsp3) is 0.245. The molecule has 1 N–H and O–H groups in total. The molecule has 0 radical (unpaired) electrons. The molecule has 2 heterocycles. The SMILES string of the molecule is CC(=CC(=O)C/C(C#N)=C1\N(CCC(=O)O)c2c(c3ccccc3c3ccccc23)C1(C)C)C1=[N+](CCOC=O)c2c(c3ccccc3c3ccccc23)C1(C)C. The lowest BCUT2D eigenvalue weighted by atomic mass is 9.76. The smallest absolute Gasteiger partial charge is 0.305 e. The van der Waals surface area contributed by atoms with Gasteiger partial charge in [0, 0.05) is 40.6 Å². The highest BCUT2D eigenvalue weighted by molar-refractivity contribution is 6.21. The zero-order valence-corrected chi connectivity index (χ0v) is 32.8. The summed E-state index contributed by atoms with van der Waals surface area (Å²) < 4.78 is 7.44. The second-order valence-electron chi connectivity index (χ2n) is 16.1. The van der Waals surface area contributed by atoms with Crippen LogP contribution in [0.3, 0.4) is 0 Å². The standard InChI is InChI=1S/C49H43N3O5/c1-30(46-48(2,3)42-37-18-10-6-14-33(37)36-17-9-13-21-40(36)45(42)52(46)24-25-57-29-53)26-32(54)27-31(28-50)47-49(4,5)43-38-19-11-7-15-34(38)35-16-8-12-20-39(35)44(43)51(47)23-22-41(55)56/h6-21,26,29H,22-25,27H2,1-5H3/p+1/b30-26?,47-31+. The highest BCUT2D eigenvalue weighted by atomic mass is 16.5. The fourth-order valence-electron chi connectivity index (χ4n) is 10.0. The first-order valence-electron chi connectivity index (χ1n) is 19.3. The van der Waals surface area contributed by atoms with E-state index in [0.717, 1.165) is 76.9 Å². The van der Waals surface area contributed by atoms with E-state index >= 15 is 0 Å². The first-order valence-corrected chi connectivity index (χ1v) is 19.3. The number of aliphatic carboxylic acids is 1. The van der Waals surface area contributed by atoms with Crippen molar-refractivity contribution < 1.29 is 28.8 Å². The van der Waals surface area contributed by atoms with Crippen LogP contribution in [0.25, 0.3) is 43.1 Å². The third-order valence-corrected chi connectivity index (χ3v) is 11.9. The molecule has 284 valence electrons.